The van der Waals surface area contributed by atoms with Crippen LogP contribution in [0.2, 0.25) is 0 Å². The van der Waals surface area contributed by atoms with E-state index < -0.39 is 0 Å². The third-order valence-corrected chi connectivity index (χ3v) is 5.67. The highest BCUT2D eigenvalue weighted by Gasteiger charge is 2.29. The molecule has 4 heteroatoms. The Balaban J connectivity index is 1.45. The molecule has 2 aromatic rings. The third kappa shape index (κ3) is 2.47. The summed E-state index contributed by atoms with van der Waals surface area (Å²) in [7, 11) is 0. The molecule has 3 nitrogen and oxygen atoms in total. The Labute approximate surface area is 129 Å². The van der Waals surface area contributed by atoms with Gasteiger partial charge in [0.15, 0.2) is 0 Å². The van der Waals surface area contributed by atoms with E-state index in [9.17, 15) is 4.79 Å². The molecule has 1 aliphatic heterocycles. The molecule has 4 rings (SSSR count). The van der Waals surface area contributed by atoms with Crippen molar-refractivity contribution >= 4 is 27.3 Å². The molecule has 1 saturated carbocycles. The molecule has 1 aliphatic carbocycles. The number of hydrogen-bond acceptors (Lipinski definition) is 3. The van der Waals surface area contributed by atoms with Crippen LogP contribution in [0.4, 0.5) is 0 Å². The quantitative estimate of drug-likeness (QED) is 0.851. The first-order valence-electron chi connectivity index (χ1n) is 7.73. The van der Waals surface area contributed by atoms with E-state index in [-0.39, 0.29) is 5.91 Å². The predicted octanol–water partition coefficient (Wildman–Crippen LogP) is 3.01. The van der Waals surface area contributed by atoms with Crippen LogP contribution in [0.25, 0.3) is 10.1 Å². The first kappa shape index (κ1) is 13.3. The SMILES string of the molecule is O=C(c1ccc2sc[c]c2c1)N1CCN(C2CCC2)CC1. The highest BCUT2D eigenvalue weighted by molar-refractivity contribution is 7.17. The molecule has 0 atom stereocenters. The van der Waals surface area contributed by atoms with Crippen LogP contribution < -0.4 is 0 Å². The Hall–Kier alpha value is -1.39. The number of benzene rings is 1. The first-order valence-corrected chi connectivity index (χ1v) is 8.61. The molecule has 0 bridgehead atoms. The van der Waals surface area contributed by atoms with Crippen LogP contribution in [-0.2, 0) is 0 Å². The number of fused-ring (bicyclic) bond motifs is 1. The summed E-state index contributed by atoms with van der Waals surface area (Å²) in [4.78, 5) is 17.2. The van der Waals surface area contributed by atoms with E-state index in [1.165, 1.54) is 24.0 Å². The minimum absolute atomic E-state index is 0.171. The summed E-state index contributed by atoms with van der Waals surface area (Å²) >= 11 is 1.67. The maximum atomic E-state index is 12.6. The molecular formula is C17H19N2OS. The van der Waals surface area contributed by atoms with Crippen LogP contribution in [0.3, 0.4) is 0 Å². The lowest BCUT2D eigenvalue weighted by Crippen LogP contribution is -2.53. The normalized spacial score (nSPS) is 20.7. The second kappa shape index (κ2) is 5.43. The minimum Gasteiger partial charge on any atom is -0.336 e. The lowest BCUT2D eigenvalue weighted by atomic mass is 9.91. The Bertz CT molecular complexity index is 654. The van der Waals surface area contributed by atoms with Gasteiger partial charge in [0.2, 0.25) is 0 Å². The fraction of sp³-hybridized carbons (Fsp3) is 0.471. The van der Waals surface area contributed by atoms with Crippen molar-refractivity contribution in [3.05, 3.63) is 35.2 Å². The van der Waals surface area contributed by atoms with Crippen molar-refractivity contribution in [1.82, 2.24) is 9.80 Å². The van der Waals surface area contributed by atoms with Crippen LogP contribution >= 0.6 is 11.3 Å². The average molecular weight is 299 g/mol. The molecule has 1 aromatic carbocycles. The summed E-state index contributed by atoms with van der Waals surface area (Å²) in [5.74, 6) is 0.171. The molecule has 0 unspecified atom stereocenters. The minimum atomic E-state index is 0.171. The molecule has 1 amide bonds. The van der Waals surface area contributed by atoms with Crippen LogP contribution in [-0.4, -0.2) is 47.9 Å². The van der Waals surface area contributed by atoms with Crippen molar-refractivity contribution in [1.29, 1.82) is 0 Å². The van der Waals surface area contributed by atoms with Gasteiger partial charge in [-0.15, -0.1) is 11.3 Å². The van der Waals surface area contributed by atoms with Crippen LogP contribution in [0.1, 0.15) is 29.6 Å². The summed E-state index contributed by atoms with van der Waals surface area (Å²) in [6.07, 6.45) is 4.07. The number of thiophene rings is 1. The molecule has 1 aromatic heterocycles. The van der Waals surface area contributed by atoms with Gasteiger partial charge in [-0.3, -0.25) is 9.69 Å². The molecule has 0 spiro atoms. The summed E-state index contributed by atoms with van der Waals surface area (Å²) < 4.78 is 1.20. The van der Waals surface area contributed by atoms with Crippen LogP contribution in [0, 0.1) is 6.07 Å². The monoisotopic (exact) mass is 299 g/mol. The predicted molar refractivity (Wildman–Crippen MR) is 85.8 cm³/mol. The second-order valence-electron chi connectivity index (χ2n) is 6.00. The van der Waals surface area contributed by atoms with Gasteiger partial charge in [-0.1, -0.05) is 6.42 Å². The number of carbonyl (C=O) groups is 1. The zero-order valence-corrected chi connectivity index (χ0v) is 12.9. The number of rotatable bonds is 2. The van der Waals surface area contributed by atoms with Gasteiger partial charge in [-0.25, -0.2) is 0 Å². The topological polar surface area (TPSA) is 23.6 Å². The van der Waals surface area contributed by atoms with Crippen molar-refractivity contribution < 1.29 is 4.79 Å². The van der Waals surface area contributed by atoms with E-state index in [0.717, 1.165) is 43.2 Å². The second-order valence-corrected chi connectivity index (χ2v) is 6.92. The zero-order chi connectivity index (χ0) is 14.2. The largest absolute Gasteiger partial charge is 0.336 e. The fourth-order valence-corrected chi connectivity index (χ4v) is 3.96. The molecule has 2 heterocycles. The van der Waals surface area contributed by atoms with Crippen LogP contribution in [0.5, 0.6) is 0 Å². The summed E-state index contributed by atoms with van der Waals surface area (Å²) in [5, 5.41) is 3.01. The fourth-order valence-electron chi connectivity index (χ4n) is 3.26. The van der Waals surface area contributed by atoms with Gasteiger partial charge in [0.25, 0.3) is 5.91 Å². The van der Waals surface area contributed by atoms with Crippen molar-refractivity contribution in [3.63, 3.8) is 0 Å². The van der Waals surface area contributed by atoms with Crippen molar-refractivity contribution in [3.8, 4) is 0 Å². The first-order chi connectivity index (χ1) is 10.3. The van der Waals surface area contributed by atoms with E-state index in [1.807, 2.05) is 28.5 Å². The highest BCUT2D eigenvalue weighted by atomic mass is 32.1. The van der Waals surface area contributed by atoms with Gasteiger partial charge in [0.1, 0.15) is 0 Å². The molecule has 21 heavy (non-hydrogen) atoms. The smallest absolute Gasteiger partial charge is 0.253 e. The maximum Gasteiger partial charge on any atom is 0.253 e. The van der Waals surface area contributed by atoms with Gasteiger partial charge < -0.3 is 4.90 Å². The average Bonchev–Trinajstić information content (AvgIpc) is 2.93. The summed E-state index contributed by atoms with van der Waals surface area (Å²) in [6, 6.07) is 9.95. The van der Waals surface area contributed by atoms with E-state index in [1.54, 1.807) is 11.3 Å². The number of hydrogen-bond donors (Lipinski definition) is 0. The summed E-state index contributed by atoms with van der Waals surface area (Å²) in [5.41, 5.74) is 0.800. The van der Waals surface area contributed by atoms with Gasteiger partial charge >= 0.3 is 0 Å². The van der Waals surface area contributed by atoms with E-state index in [4.69, 9.17) is 0 Å². The molecule has 109 valence electrons. The van der Waals surface area contributed by atoms with Crippen molar-refractivity contribution in [2.75, 3.05) is 26.2 Å². The number of carbonyl (C=O) groups excluding carboxylic acids is 1. The van der Waals surface area contributed by atoms with E-state index in [2.05, 4.69) is 11.0 Å². The lowest BCUT2D eigenvalue weighted by molar-refractivity contribution is 0.0455. The molecular weight excluding hydrogens is 280 g/mol. The van der Waals surface area contributed by atoms with Gasteiger partial charge in [0.05, 0.1) is 0 Å². The third-order valence-electron chi connectivity index (χ3n) is 4.82. The summed E-state index contributed by atoms with van der Waals surface area (Å²) in [6.45, 7) is 3.79. The number of nitrogens with zero attached hydrogens (tertiary/aromatic N) is 2. The van der Waals surface area contributed by atoms with Crippen molar-refractivity contribution in [2.45, 2.75) is 25.3 Å². The molecule has 2 fully saturated rings. The number of piperazine rings is 1. The Kier molecular flexibility index (Phi) is 3.43. The molecule has 1 radical (unpaired) electrons. The Morgan fingerprint density at radius 3 is 2.71 bits per heavy atom. The zero-order valence-electron chi connectivity index (χ0n) is 12.0. The molecule has 1 saturated heterocycles. The maximum absolute atomic E-state index is 12.6. The Morgan fingerprint density at radius 1 is 1.19 bits per heavy atom. The van der Waals surface area contributed by atoms with E-state index in [0.29, 0.717) is 0 Å². The van der Waals surface area contributed by atoms with E-state index >= 15 is 0 Å². The molecule has 2 aliphatic rings. The highest BCUT2D eigenvalue weighted by Crippen LogP contribution is 2.26. The van der Waals surface area contributed by atoms with Crippen molar-refractivity contribution in [2.24, 2.45) is 0 Å². The standard InChI is InChI=1S/C17H19N2OS/c20-17(14-4-5-16-13(12-14)6-11-21-16)19-9-7-18(8-10-19)15-2-1-3-15/h4-5,11-12,15H,1-3,7-10H2. The van der Waals surface area contributed by atoms with Gasteiger partial charge in [-0.2, -0.15) is 0 Å². The Morgan fingerprint density at radius 2 is 2.00 bits per heavy atom. The number of amides is 1. The van der Waals surface area contributed by atoms with Gasteiger partial charge in [-0.05, 0) is 36.4 Å². The lowest BCUT2D eigenvalue weighted by Gasteiger charge is -2.42. The molecule has 0 N–H and O–H groups in total. The van der Waals surface area contributed by atoms with Gasteiger partial charge in [0, 0.05) is 53.9 Å². The van der Waals surface area contributed by atoms with Crippen LogP contribution in [0.15, 0.2) is 23.6 Å².